The molecule has 86 valence electrons. The minimum absolute atomic E-state index is 0.253. The summed E-state index contributed by atoms with van der Waals surface area (Å²) in [6, 6.07) is 0. The van der Waals surface area contributed by atoms with Crippen molar-refractivity contribution in [2.45, 2.75) is 18.4 Å². The van der Waals surface area contributed by atoms with Gasteiger partial charge in [0.05, 0.1) is 13.7 Å². The summed E-state index contributed by atoms with van der Waals surface area (Å²) in [4.78, 5) is 11.9. The van der Waals surface area contributed by atoms with Gasteiger partial charge in [-0.2, -0.15) is 11.8 Å². The highest BCUT2D eigenvalue weighted by Crippen LogP contribution is 2.48. The highest BCUT2D eigenvalue weighted by Gasteiger charge is 2.59. The normalized spacial score (nSPS) is 40.7. The zero-order chi connectivity index (χ0) is 10.9. The number of hydrogen-bond donors (Lipinski definition) is 1. The van der Waals surface area contributed by atoms with Gasteiger partial charge in [-0.3, -0.25) is 4.79 Å². The summed E-state index contributed by atoms with van der Waals surface area (Å²) in [7, 11) is 1.38. The van der Waals surface area contributed by atoms with Crippen molar-refractivity contribution < 1.29 is 19.4 Å². The maximum absolute atomic E-state index is 11.9. The Morgan fingerprint density at radius 2 is 2.33 bits per heavy atom. The molecular weight excluding hydrogens is 216 g/mol. The number of methoxy groups -OCH3 is 1. The van der Waals surface area contributed by atoms with Gasteiger partial charge in [-0.15, -0.1) is 0 Å². The molecule has 0 spiro atoms. The van der Waals surface area contributed by atoms with Crippen LogP contribution in [0.25, 0.3) is 0 Å². The van der Waals surface area contributed by atoms with E-state index in [4.69, 9.17) is 9.47 Å². The second kappa shape index (κ2) is 3.96. The van der Waals surface area contributed by atoms with E-state index < -0.39 is 11.0 Å². The average Bonchev–Trinajstić information content (AvgIpc) is 2.86. The Morgan fingerprint density at radius 3 is 2.80 bits per heavy atom. The molecule has 2 fully saturated rings. The third kappa shape index (κ3) is 1.57. The molecule has 1 N–H and O–H groups in total. The monoisotopic (exact) mass is 232 g/mol. The van der Waals surface area contributed by atoms with Crippen LogP contribution in [0.4, 0.5) is 0 Å². The molecule has 0 radical (unpaired) electrons. The Hall–Kier alpha value is -0.260. The quantitative estimate of drug-likeness (QED) is 0.700. The molecular formula is C10H16O4S. The van der Waals surface area contributed by atoms with Crippen molar-refractivity contribution in [2.24, 2.45) is 5.41 Å². The van der Waals surface area contributed by atoms with Gasteiger partial charge in [-0.25, -0.2) is 0 Å². The van der Waals surface area contributed by atoms with Crippen LogP contribution in [0.15, 0.2) is 0 Å². The van der Waals surface area contributed by atoms with E-state index >= 15 is 0 Å². The first-order valence-electron chi connectivity index (χ1n) is 5.11. The van der Waals surface area contributed by atoms with E-state index in [1.807, 2.05) is 0 Å². The molecule has 0 amide bonds. The molecule has 2 aliphatic heterocycles. The molecule has 2 saturated heterocycles. The second-order valence-corrected chi connectivity index (χ2v) is 5.32. The van der Waals surface area contributed by atoms with E-state index in [-0.39, 0.29) is 12.6 Å². The highest BCUT2D eigenvalue weighted by atomic mass is 32.2. The van der Waals surface area contributed by atoms with E-state index in [0.717, 1.165) is 5.75 Å². The molecule has 2 unspecified atom stereocenters. The topological polar surface area (TPSA) is 55.8 Å². The van der Waals surface area contributed by atoms with Gasteiger partial charge in [0, 0.05) is 18.8 Å². The maximum atomic E-state index is 11.9. The minimum Gasteiger partial charge on any atom is -0.468 e. The van der Waals surface area contributed by atoms with Crippen molar-refractivity contribution in [1.82, 2.24) is 0 Å². The van der Waals surface area contributed by atoms with Crippen LogP contribution >= 0.6 is 11.8 Å². The average molecular weight is 232 g/mol. The third-order valence-corrected chi connectivity index (χ3v) is 4.68. The van der Waals surface area contributed by atoms with Crippen LogP contribution in [-0.2, 0) is 14.3 Å². The number of carbonyl (C=O) groups excluding carboxylic acids is 1. The fourth-order valence-electron chi connectivity index (χ4n) is 2.41. The van der Waals surface area contributed by atoms with Crippen LogP contribution in [0.5, 0.6) is 0 Å². The number of thioether (sulfide) groups is 1. The number of rotatable bonds is 2. The smallest absolute Gasteiger partial charge is 0.315 e. The van der Waals surface area contributed by atoms with E-state index in [9.17, 15) is 9.90 Å². The first-order chi connectivity index (χ1) is 7.15. The number of ether oxygens (including phenoxy) is 2. The summed E-state index contributed by atoms with van der Waals surface area (Å²) in [5.74, 6) is 1.25. The highest BCUT2D eigenvalue weighted by molar-refractivity contribution is 7.99. The summed E-state index contributed by atoms with van der Waals surface area (Å²) in [5.41, 5.74) is -1.77. The largest absolute Gasteiger partial charge is 0.468 e. The van der Waals surface area contributed by atoms with Gasteiger partial charge in [-0.05, 0) is 12.2 Å². The first-order valence-corrected chi connectivity index (χ1v) is 6.26. The van der Waals surface area contributed by atoms with Gasteiger partial charge in [0.2, 0.25) is 0 Å². The van der Waals surface area contributed by atoms with Crippen molar-refractivity contribution in [2.75, 3.05) is 31.8 Å². The lowest BCUT2D eigenvalue weighted by Crippen LogP contribution is -2.54. The lowest BCUT2D eigenvalue weighted by molar-refractivity contribution is -0.169. The molecule has 0 aromatic heterocycles. The summed E-state index contributed by atoms with van der Waals surface area (Å²) in [5, 5.41) is 10.5. The summed E-state index contributed by atoms with van der Waals surface area (Å²) in [6.45, 7) is 0.780. The van der Waals surface area contributed by atoms with Gasteiger partial charge in [0.1, 0.15) is 11.0 Å². The van der Waals surface area contributed by atoms with E-state index in [1.165, 1.54) is 7.11 Å². The number of aliphatic hydroxyl groups is 1. The van der Waals surface area contributed by atoms with Gasteiger partial charge in [0.15, 0.2) is 0 Å². The molecule has 4 nitrogen and oxygen atoms in total. The van der Waals surface area contributed by atoms with Crippen molar-refractivity contribution in [3.63, 3.8) is 0 Å². The zero-order valence-corrected chi connectivity index (χ0v) is 9.64. The Labute approximate surface area is 93.3 Å². The SMILES string of the molecule is COC(=O)C1(C2(O)CCOC2)CCSC1. The van der Waals surface area contributed by atoms with Crippen molar-refractivity contribution in [1.29, 1.82) is 0 Å². The van der Waals surface area contributed by atoms with Crippen molar-refractivity contribution >= 4 is 17.7 Å². The Bertz CT molecular complexity index is 254. The summed E-state index contributed by atoms with van der Waals surface area (Å²) >= 11 is 1.69. The maximum Gasteiger partial charge on any atom is 0.315 e. The van der Waals surface area contributed by atoms with Gasteiger partial charge in [0.25, 0.3) is 0 Å². The molecule has 5 heteroatoms. The number of carbonyl (C=O) groups is 1. The molecule has 0 aromatic rings. The molecule has 0 bridgehead atoms. The van der Waals surface area contributed by atoms with Gasteiger partial charge >= 0.3 is 5.97 Å². The van der Waals surface area contributed by atoms with Crippen LogP contribution in [0.3, 0.4) is 0 Å². The Morgan fingerprint density at radius 1 is 1.53 bits per heavy atom. The van der Waals surface area contributed by atoms with E-state index in [1.54, 1.807) is 11.8 Å². The van der Waals surface area contributed by atoms with Crippen LogP contribution in [-0.4, -0.2) is 48.5 Å². The Balaban J connectivity index is 2.29. The molecule has 0 aliphatic carbocycles. The fraction of sp³-hybridized carbons (Fsp3) is 0.900. The van der Waals surface area contributed by atoms with E-state index in [0.29, 0.717) is 25.2 Å². The predicted molar refractivity (Wildman–Crippen MR) is 56.8 cm³/mol. The molecule has 2 heterocycles. The van der Waals surface area contributed by atoms with Gasteiger partial charge in [-0.1, -0.05) is 0 Å². The first kappa shape index (κ1) is 11.2. The number of esters is 1. The third-order valence-electron chi connectivity index (χ3n) is 3.49. The minimum atomic E-state index is -1.02. The Kier molecular flexibility index (Phi) is 2.96. The van der Waals surface area contributed by atoms with Crippen LogP contribution < -0.4 is 0 Å². The summed E-state index contributed by atoms with van der Waals surface area (Å²) < 4.78 is 10.1. The predicted octanol–water partition coefficient (Wildman–Crippen LogP) is 0.434. The van der Waals surface area contributed by atoms with E-state index in [2.05, 4.69) is 0 Å². The lowest BCUT2D eigenvalue weighted by Gasteiger charge is -2.38. The van der Waals surface area contributed by atoms with Crippen LogP contribution in [0.2, 0.25) is 0 Å². The zero-order valence-electron chi connectivity index (χ0n) is 8.82. The molecule has 2 atom stereocenters. The van der Waals surface area contributed by atoms with Crippen molar-refractivity contribution in [3.05, 3.63) is 0 Å². The van der Waals surface area contributed by atoms with Crippen LogP contribution in [0, 0.1) is 5.41 Å². The molecule has 2 rings (SSSR count). The molecule has 0 aromatic carbocycles. The van der Waals surface area contributed by atoms with Gasteiger partial charge < -0.3 is 14.6 Å². The molecule has 0 saturated carbocycles. The molecule has 2 aliphatic rings. The summed E-state index contributed by atoms with van der Waals surface area (Å²) in [6.07, 6.45) is 1.22. The fourth-order valence-corrected chi connectivity index (χ4v) is 3.93. The standard InChI is InChI=1S/C10H16O4S/c1-13-8(11)9(3-5-15-7-9)10(12)2-4-14-6-10/h12H,2-7H2,1H3. The number of hydrogen-bond acceptors (Lipinski definition) is 5. The lowest BCUT2D eigenvalue weighted by atomic mass is 9.71. The second-order valence-electron chi connectivity index (χ2n) is 4.21. The van der Waals surface area contributed by atoms with Crippen LogP contribution in [0.1, 0.15) is 12.8 Å². The molecule has 15 heavy (non-hydrogen) atoms. The van der Waals surface area contributed by atoms with Crippen molar-refractivity contribution in [3.8, 4) is 0 Å².